The minimum absolute atomic E-state index is 0.740. The van der Waals surface area contributed by atoms with Gasteiger partial charge in [-0.25, -0.2) is 0 Å². The van der Waals surface area contributed by atoms with Crippen molar-refractivity contribution in [3.05, 3.63) is 0 Å². The molecule has 0 atom stereocenters. The van der Waals surface area contributed by atoms with E-state index in [0.29, 0.717) is 0 Å². The molecule has 0 aliphatic rings. The van der Waals surface area contributed by atoms with Gasteiger partial charge in [0.05, 0.1) is 0 Å². The molecule has 0 aliphatic heterocycles. The van der Waals surface area contributed by atoms with Crippen molar-refractivity contribution in [2.45, 2.75) is 387 Å². The molecule has 0 N–H and O–H groups in total. The van der Waals surface area contributed by atoms with E-state index in [4.69, 9.17) is 12.3 Å². The van der Waals surface area contributed by atoms with Gasteiger partial charge in [0, 0.05) is 0 Å². The summed E-state index contributed by atoms with van der Waals surface area (Å²) in [7, 11) is 0. The predicted molar refractivity (Wildman–Crippen MR) is 311 cm³/mol. The summed E-state index contributed by atoms with van der Waals surface area (Å²) in [6.07, 6.45) is 77.0. The number of unbranched alkanes of at least 4 members (excludes halogenated alkanes) is 52. The van der Waals surface area contributed by atoms with Crippen LogP contribution in [0.4, 0.5) is 0 Å². The molecular formula is C64H132O4Sn. The van der Waals surface area contributed by atoms with Gasteiger partial charge < -0.3 is 0 Å². The molecule has 4 nitrogen and oxygen atoms in total. The zero-order chi connectivity index (χ0) is 49.8. The minimum atomic E-state index is -4.17. The molecule has 0 amide bonds. The number of hydrogen-bond acceptors (Lipinski definition) is 4. The molecule has 0 heterocycles. The molecule has 0 fully saturated rings. The first-order valence-corrected chi connectivity index (χ1v) is 37.5. The fraction of sp³-hybridized carbons (Fsp3) is 1.00. The van der Waals surface area contributed by atoms with Crippen molar-refractivity contribution < 1.29 is 12.3 Å². The van der Waals surface area contributed by atoms with Crippen LogP contribution < -0.4 is 0 Å². The monoisotopic (exact) mass is 1080 g/mol. The van der Waals surface area contributed by atoms with Gasteiger partial charge >= 0.3 is 316 Å². The van der Waals surface area contributed by atoms with Crippen molar-refractivity contribution in [3.8, 4) is 0 Å². The smallest absolute Gasteiger partial charge is 0.0654 e. The fourth-order valence-electron chi connectivity index (χ4n) is 10.2. The third kappa shape index (κ3) is 57.8. The first kappa shape index (κ1) is 69.6. The molecule has 0 unspecified atom stereocenters. The van der Waals surface area contributed by atoms with Gasteiger partial charge in [-0.05, 0) is 0 Å². The van der Waals surface area contributed by atoms with Gasteiger partial charge in [-0.3, -0.25) is 0 Å². The fourth-order valence-corrected chi connectivity index (χ4v) is 16.2. The Kier molecular flexibility index (Phi) is 63.5. The Morgan fingerprint density at radius 2 is 0.246 bits per heavy atom. The maximum absolute atomic E-state index is 6.84. The van der Waals surface area contributed by atoms with Gasteiger partial charge in [0.25, 0.3) is 0 Å². The second-order valence-electron chi connectivity index (χ2n) is 22.3. The van der Waals surface area contributed by atoms with E-state index in [-0.39, 0.29) is 0 Å². The van der Waals surface area contributed by atoms with Gasteiger partial charge in [-0.1, -0.05) is 130 Å². The second kappa shape index (κ2) is 62.9. The summed E-state index contributed by atoms with van der Waals surface area (Å²) in [5.74, 6) is 0. The molecule has 0 aromatic carbocycles. The van der Waals surface area contributed by atoms with E-state index >= 15 is 0 Å². The van der Waals surface area contributed by atoms with Crippen LogP contribution in [0, 0.1) is 0 Å². The Hall–Kier alpha value is 0.639. The standard InChI is InChI=1S/4C16H33O.Sn/c4*1-2-3-4-5-6-7-8-9-10-11-12-13-14-15-16-17;/h4*2-16H2,1H3;/q4*-1;+4. The normalized spacial score (nSPS) is 12.0. The molecule has 0 bridgehead atoms. The van der Waals surface area contributed by atoms with Crippen LogP contribution in [-0.2, 0) is 12.3 Å². The molecule has 0 aromatic rings. The molecule has 69 heavy (non-hydrogen) atoms. The molecule has 0 rings (SSSR count). The predicted octanol–water partition coefficient (Wildman–Crippen LogP) is 23.4. The van der Waals surface area contributed by atoms with E-state index in [0.717, 1.165) is 52.1 Å². The van der Waals surface area contributed by atoms with Crippen LogP contribution in [-0.4, -0.2) is 46.5 Å². The minimum Gasteiger partial charge on any atom is -0.0654 e. The Morgan fingerprint density at radius 1 is 0.145 bits per heavy atom. The number of hydrogen-bond donors (Lipinski definition) is 0. The Morgan fingerprint density at radius 3 is 0.362 bits per heavy atom. The van der Waals surface area contributed by atoms with E-state index in [1.54, 1.807) is 0 Å². The summed E-state index contributed by atoms with van der Waals surface area (Å²) >= 11 is -4.17. The summed E-state index contributed by atoms with van der Waals surface area (Å²) in [6.45, 7) is 12.2. The summed E-state index contributed by atoms with van der Waals surface area (Å²) in [5.41, 5.74) is 0. The Balaban J connectivity index is 4.95. The topological polar surface area (TPSA) is 36.9 Å². The van der Waals surface area contributed by atoms with E-state index < -0.39 is 20.0 Å². The summed E-state index contributed by atoms with van der Waals surface area (Å²) < 4.78 is 27.4. The van der Waals surface area contributed by atoms with Crippen molar-refractivity contribution >= 4 is 20.0 Å². The Bertz CT molecular complexity index is 744. The van der Waals surface area contributed by atoms with Gasteiger partial charge in [0.15, 0.2) is 0 Å². The average Bonchev–Trinajstić information content (AvgIpc) is 3.36. The van der Waals surface area contributed by atoms with Crippen molar-refractivity contribution in [2.75, 3.05) is 26.4 Å². The van der Waals surface area contributed by atoms with Crippen LogP contribution in [0.15, 0.2) is 0 Å². The van der Waals surface area contributed by atoms with Gasteiger partial charge in [-0.15, -0.1) is 0 Å². The van der Waals surface area contributed by atoms with Crippen LogP contribution in [0.2, 0.25) is 0 Å². The zero-order valence-corrected chi connectivity index (χ0v) is 51.4. The molecule has 0 aromatic heterocycles. The zero-order valence-electron chi connectivity index (χ0n) is 48.6. The molecule has 0 radical (unpaired) electrons. The maximum atomic E-state index is 6.84. The first-order chi connectivity index (χ1) is 34.2. The van der Waals surface area contributed by atoms with Crippen LogP contribution in [0.1, 0.15) is 387 Å². The first-order valence-electron chi connectivity index (χ1n) is 32.8. The molecule has 5 heteroatoms. The second-order valence-corrected chi connectivity index (χ2v) is 28.4. The molecule has 0 spiro atoms. The van der Waals surface area contributed by atoms with Crippen molar-refractivity contribution in [1.82, 2.24) is 0 Å². The van der Waals surface area contributed by atoms with Crippen molar-refractivity contribution in [3.63, 3.8) is 0 Å². The van der Waals surface area contributed by atoms with Gasteiger partial charge in [-0.2, -0.15) is 0 Å². The summed E-state index contributed by atoms with van der Waals surface area (Å²) in [4.78, 5) is 0. The third-order valence-corrected chi connectivity index (χ3v) is 21.5. The van der Waals surface area contributed by atoms with Crippen molar-refractivity contribution in [1.29, 1.82) is 0 Å². The number of rotatable bonds is 64. The van der Waals surface area contributed by atoms with Crippen LogP contribution in [0.3, 0.4) is 0 Å². The average molecular weight is 1080 g/mol. The molecule has 0 saturated carbocycles. The molecule has 0 aliphatic carbocycles. The third-order valence-electron chi connectivity index (χ3n) is 15.1. The van der Waals surface area contributed by atoms with E-state index in [9.17, 15) is 0 Å². The molecule has 0 saturated heterocycles. The van der Waals surface area contributed by atoms with Crippen LogP contribution >= 0.6 is 0 Å². The molecular weight excluding hydrogens is 951 g/mol. The molecule has 416 valence electrons. The van der Waals surface area contributed by atoms with Crippen LogP contribution in [0.25, 0.3) is 0 Å². The quantitative estimate of drug-likeness (QED) is 0.0449. The van der Waals surface area contributed by atoms with E-state index in [1.807, 2.05) is 0 Å². The SMILES string of the molecule is CCCCCCCCCCCCCCCC[O][Sn]([O]CCCCCCCCCCCCCCCC)([O]CCCCCCCCCCCCCCCC)[O]CCCCCCCCCCCCCCCC. The van der Waals surface area contributed by atoms with E-state index in [2.05, 4.69) is 27.7 Å². The van der Waals surface area contributed by atoms with Gasteiger partial charge in [0.1, 0.15) is 0 Å². The summed E-state index contributed by atoms with van der Waals surface area (Å²) in [6, 6.07) is 0. The Labute approximate surface area is 443 Å². The van der Waals surface area contributed by atoms with Gasteiger partial charge in [0.2, 0.25) is 0 Å². The van der Waals surface area contributed by atoms with E-state index in [1.165, 1.54) is 334 Å². The summed E-state index contributed by atoms with van der Waals surface area (Å²) in [5, 5.41) is 0. The van der Waals surface area contributed by atoms with Crippen molar-refractivity contribution in [2.24, 2.45) is 0 Å². The van der Waals surface area contributed by atoms with Crippen LogP contribution in [0.5, 0.6) is 0 Å².